The summed E-state index contributed by atoms with van der Waals surface area (Å²) in [5.41, 5.74) is 1.54. The fourth-order valence-corrected chi connectivity index (χ4v) is 3.71. The second-order valence-corrected chi connectivity index (χ2v) is 8.09. The van der Waals surface area contributed by atoms with Crippen molar-refractivity contribution in [2.24, 2.45) is 0 Å². The number of hydrogen-bond donors (Lipinski definition) is 5. The van der Waals surface area contributed by atoms with E-state index < -0.39 is 39.0 Å². The van der Waals surface area contributed by atoms with Gasteiger partial charge >= 0.3 is 7.82 Å². The highest BCUT2D eigenvalue weighted by Crippen LogP contribution is 2.39. The van der Waals surface area contributed by atoms with Crippen LogP contribution in [0.25, 0.3) is 11.0 Å². The first-order chi connectivity index (χ1) is 14.3. The minimum absolute atomic E-state index is 0.466. The van der Waals surface area contributed by atoms with Gasteiger partial charge in [-0.05, 0) is 11.6 Å². The van der Waals surface area contributed by atoms with Gasteiger partial charge in [-0.3, -0.25) is 4.52 Å². The number of fused-ring (bicyclic) bond motifs is 1. The second kappa shape index (κ2) is 8.40. The standard InChI is InChI=1S/C18H21N4O7P/c23-14-13(9-28-30(25,26)27)29-18(15(14)24)22-7-6-12-16(20-10-21-17(12)22)19-8-11-4-2-1-3-5-11/h1-7,10,13-15,18,23-24H,8-9H2,(H,19,20,21)(H2,25,26,27)/t13-,14?,15+,18-/m1/s1. The largest absolute Gasteiger partial charge is 0.469 e. The molecular weight excluding hydrogens is 415 g/mol. The Bertz CT molecular complexity index is 1060. The number of aliphatic hydroxyl groups excluding tert-OH is 2. The summed E-state index contributed by atoms with van der Waals surface area (Å²) in [6, 6.07) is 11.6. The zero-order valence-corrected chi connectivity index (χ0v) is 16.5. The molecule has 3 heterocycles. The highest BCUT2D eigenvalue weighted by molar-refractivity contribution is 7.46. The summed E-state index contributed by atoms with van der Waals surface area (Å²) >= 11 is 0. The first-order valence-electron chi connectivity index (χ1n) is 9.14. The van der Waals surface area contributed by atoms with Crippen LogP contribution in [-0.4, -0.2) is 59.5 Å². The van der Waals surface area contributed by atoms with E-state index in [1.165, 1.54) is 10.9 Å². The molecule has 1 aliphatic heterocycles. The molecule has 0 radical (unpaired) electrons. The van der Waals surface area contributed by atoms with Crippen LogP contribution in [0.3, 0.4) is 0 Å². The number of phosphoric acid groups is 1. The van der Waals surface area contributed by atoms with Crippen molar-refractivity contribution >= 4 is 24.7 Å². The molecule has 1 fully saturated rings. The van der Waals surface area contributed by atoms with E-state index in [4.69, 9.17) is 14.5 Å². The molecule has 5 N–H and O–H groups in total. The van der Waals surface area contributed by atoms with Crippen LogP contribution in [0.15, 0.2) is 48.9 Å². The van der Waals surface area contributed by atoms with Gasteiger partial charge in [-0.15, -0.1) is 0 Å². The van der Waals surface area contributed by atoms with E-state index in [0.29, 0.717) is 23.4 Å². The van der Waals surface area contributed by atoms with Crippen molar-refractivity contribution in [2.75, 3.05) is 11.9 Å². The Morgan fingerprint density at radius 3 is 2.63 bits per heavy atom. The molecule has 12 heteroatoms. The number of phosphoric ester groups is 1. The Hall–Kier alpha value is -2.37. The average Bonchev–Trinajstić information content (AvgIpc) is 3.27. The monoisotopic (exact) mass is 436 g/mol. The fraction of sp³-hybridized carbons (Fsp3) is 0.333. The zero-order valence-electron chi connectivity index (χ0n) is 15.6. The van der Waals surface area contributed by atoms with Gasteiger partial charge in [-0.1, -0.05) is 30.3 Å². The van der Waals surface area contributed by atoms with E-state index in [0.717, 1.165) is 5.56 Å². The third-order valence-corrected chi connectivity index (χ3v) is 5.32. The van der Waals surface area contributed by atoms with E-state index in [1.54, 1.807) is 12.3 Å². The molecule has 2 aromatic heterocycles. The topological polar surface area (TPSA) is 159 Å². The lowest BCUT2D eigenvalue weighted by molar-refractivity contribution is -0.0501. The Balaban J connectivity index is 1.54. The molecule has 0 amide bonds. The Labute approximate surface area is 171 Å². The minimum Gasteiger partial charge on any atom is -0.387 e. The average molecular weight is 436 g/mol. The molecule has 1 unspecified atom stereocenters. The van der Waals surface area contributed by atoms with Gasteiger partial charge in [-0.2, -0.15) is 0 Å². The number of nitrogens with one attached hydrogen (secondary N) is 1. The summed E-state index contributed by atoms with van der Waals surface area (Å²) in [5.74, 6) is 0.594. The Morgan fingerprint density at radius 1 is 1.13 bits per heavy atom. The first kappa shape index (κ1) is 20.9. The zero-order chi connectivity index (χ0) is 21.3. The Kier molecular flexibility index (Phi) is 5.85. The highest BCUT2D eigenvalue weighted by Gasteiger charge is 2.45. The number of aromatic nitrogens is 3. The third kappa shape index (κ3) is 4.37. The maximum Gasteiger partial charge on any atom is 0.469 e. The third-order valence-electron chi connectivity index (χ3n) is 4.83. The quantitative estimate of drug-likeness (QED) is 0.335. The van der Waals surface area contributed by atoms with Gasteiger partial charge in [0.2, 0.25) is 0 Å². The van der Waals surface area contributed by atoms with Crippen LogP contribution >= 0.6 is 7.82 Å². The fourth-order valence-electron chi connectivity index (χ4n) is 3.37. The number of benzene rings is 1. The van der Waals surface area contributed by atoms with Gasteiger partial charge in [-0.25, -0.2) is 14.5 Å². The minimum atomic E-state index is -4.73. The van der Waals surface area contributed by atoms with E-state index in [9.17, 15) is 14.8 Å². The predicted octanol–water partition coefficient (Wildman–Crippen LogP) is 0.772. The van der Waals surface area contributed by atoms with Gasteiger partial charge in [0.25, 0.3) is 0 Å². The molecule has 0 saturated carbocycles. The number of hydrogen-bond acceptors (Lipinski definition) is 8. The molecular formula is C18H21N4O7P. The molecule has 4 atom stereocenters. The van der Waals surface area contributed by atoms with Crippen molar-refractivity contribution in [1.29, 1.82) is 0 Å². The van der Waals surface area contributed by atoms with E-state index in [-0.39, 0.29) is 0 Å². The maximum absolute atomic E-state index is 10.9. The molecule has 0 aliphatic carbocycles. The van der Waals surface area contributed by atoms with Crippen LogP contribution in [0.4, 0.5) is 5.82 Å². The number of rotatable bonds is 7. The van der Waals surface area contributed by atoms with Crippen molar-refractivity contribution in [3.8, 4) is 0 Å². The molecule has 30 heavy (non-hydrogen) atoms. The lowest BCUT2D eigenvalue weighted by atomic mass is 10.1. The molecule has 4 rings (SSSR count). The van der Waals surface area contributed by atoms with E-state index in [1.807, 2.05) is 30.3 Å². The molecule has 0 bridgehead atoms. The molecule has 1 aliphatic rings. The van der Waals surface area contributed by atoms with Gasteiger partial charge in [0.15, 0.2) is 6.23 Å². The van der Waals surface area contributed by atoms with Crippen LogP contribution in [0.1, 0.15) is 11.8 Å². The van der Waals surface area contributed by atoms with Crippen LogP contribution in [0.2, 0.25) is 0 Å². The summed E-state index contributed by atoms with van der Waals surface area (Å²) in [6.45, 7) is -0.0156. The van der Waals surface area contributed by atoms with Crippen LogP contribution in [0, 0.1) is 0 Å². The Morgan fingerprint density at radius 2 is 1.90 bits per heavy atom. The maximum atomic E-state index is 10.9. The number of aliphatic hydroxyl groups is 2. The number of nitrogens with zero attached hydrogens (tertiary/aromatic N) is 3. The lowest BCUT2D eigenvalue weighted by Crippen LogP contribution is -2.33. The highest BCUT2D eigenvalue weighted by atomic mass is 31.2. The van der Waals surface area contributed by atoms with Gasteiger partial charge in [0.1, 0.15) is 36.1 Å². The molecule has 3 aromatic rings. The van der Waals surface area contributed by atoms with E-state index >= 15 is 0 Å². The van der Waals surface area contributed by atoms with Crippen molar-refractivity contribution in [3.63, 3.8) is 0 Å². The molecule has 1 saturated heterocycles. The molecule has 160 valence electrons. The van der Waals surface area contributed by atoms with Crippen molar-refractivity contribution in [3.05, 3.63) is 54.5 Å². The summed E-state index contributed by atoms with van der Waals surface area (Å²) < 4.78 is 22.5. The van der Waals surface area contributed by atoms with E-state index in [2.05, 4.69) is 19.8 Å². The normalized spacial score (nSPS) is 24.4. The number of ether oxygens (including phenoxy) is 1. The van der Waals surface area contributed by atoms with Crippen molar-refractivity contribution in [2.45, 2.75) is 31.1 Å². The summed E-state index contributed by atoms with van der Waals surface area (Å²) in [5, 5.41) is 24.5. The van der Waals surface area contributed by atoms with Crippen LogP contribution < -0.4 is 5.32 Å². The smallest absolute Gasteiger partial charge is 0.387 e. The molecule has 0 spiro atoms. The molecule has 1 aromatic carbocycles. The van der Waals surface area contributed by atoms with Crippen molar-refractivity contribution < 1.29 is 33.8 Å². The summed E-state index contributed by atoms with van der Waals surface area (Å²) in [6.07, 6.45) is -1.86. The van der Waals surface area contributed by atoms with Gasteiger partial charge in [0.05, 0.1) is 12.0 Å². The first-order valence-corrected chi connectivity index (χ1v) is 10.7. The predicted molar refractivity (Wildman–Crippen MR) is 105 cm³/mol. The second-order valence-electron chi connectivity index (χ2n) is 6.85. The van der Waals surface area contributed by atoms with Gasteiger partial charge in [0, 0.05) is 12.7 Å². The molecule has 11 nitrogen and oxygen atoms in total. The van der Waals surface area contributed by atoms with Crippen LogP contribution in [-0.2, 0) is 20.4 Å². The SMILES string of the molecule is O=P(O)(O)OC[C@H]1O[C@@H](n2ccc3c(NCc4ccccc4)ncnc32)[C@@H](O)C1O. The number of anilines is 1. The summed E-state index contributed by atoms with van der Waals surface area (Å²) in [7, 11) is -4.73. The lowest BCUT2D eigenvalue weighted by Gasteiger charge is -2.17. The summed E-state index contributed by atoms with van der Waals surface area (Å²) in [4.78, 5) is 26.2. The van der Waals surface area contributed by atoms with Gasteiger partial charge < -0.3 is 34.6 Å². The van der Waals surface area contributed by atoms with Crippen LogP contribution in [0.5, 0.6) is 0 Å². The van der Waals surface area contributed by atoms with Crippen molar-refractivity contribution in [1.82, 2.24) is 14.5 Å².